The molecule has 1 atom stereocenters. The van der Waals surface area contributed by atoms with Gasteiger partial charge in [0.1, 0.15) is 0 Å². The zero-order chi connectivity index (χ0) is 14.1. The number of rotatable bonds is 1. The zero-order valence-electron chi connectivity index (χ0n) is 11.6. The summed E-state index contributed by atoms with van der Waals surface area (Å²) in [6.45, 7) is 2.18. The van der Waals surface area contributed by atoms with Crippen LogP contribution in [-0.4, -0.2) is 11.1 Å². The third-order valence-corrected chi connectivity index (χ3v) is 4.29. The number of allylic oxidation sites excluding steroid dienone is 4. The summed E-state index contributed by atoms with van der Waals surface area (Å²) in [6.07, 6.45) is 8.44. The minimum absolute atomic E-state index is 0.251. The summed E-state index contributed by atoms with van der Waals surface area (Å²) in [5.41, 5.74) is 5.33. The van der Waals surface area contributed by atoms with Crippen molar-refractivity contribution in [3.8, 4) is 0 Å². The maximum absolute atomic E-state index is 11.5. The van der Waals surface area contributed by atoms with Crippen LogP contribution in [0.2, 0.25) is 0 Å². The van der Waals surface area contributed by atoms with E-state index in [0.717, 1.165) is 18.4 Å². The van der Waals surface area contributed by atoms with Crippen LogP contribution in [0.15, 0.2) is 59.2 Å². The summed E-state index contributed by atoms with van der Waals surface area (Å²) in [7, 11) is 0. The highest BCUT2D eigenvalue weighted by Crippen LogP contribution is 2.38. The van der Waals surface area contributed by atoms with Crippen molar-refractivity contribution < 1.29 is 9.90 Å². The van der Waals surface area contributed by atoms with Gasteiger partial charge in [0.2, 0.25) is 0 Å². The van der Waals surface area contributed by atoms with Crippen LogP contribution in [0.4, 0.5) is 0 Å². The number of hydrogen-bond acceptors (Lipinski definition) is 1. The average molecular weight is 266 g/mol. The van der Waals surface area contributed by atoms with E-state index >= 15 is 0 Å². The van der Waals surface area contributed by atoms with Crippen LogP contribution in [0.3, 0.4) is 0 Å². The van der Waals surface area contributed by atoms with Crippen LogP contribution in [0, 0.1) is 0 Å². The maximum atomic E-state index is 11.5. The van der Waals surface area contributed by atoms with Crippen molar-refractivity contribution in [3.63, 3.8) is 0 Å². The van der Waals surface area contributed by atoms with E-state index in [1.807, 2.05) is 6.08 Å². The number of hydrogen-bond donors (Lipinski definition) is 1. The summed E-state index contributed by atoms with van der Waals surface area (Å²) in [5, 5.41) is 9.47. The second-order valence-electron chi connectivity index (χ2n) is 5.42. The number of carboxylic acids is 1. The van der Waals surface area contributed by atoms with Gasteiger partial charge >= 0.3 is 5.97 Å². The summed E-state index contributed by atoms with van der Waals surface area (Å²) in [5.74, 6) is -0.555. The van der Waals surface area contributed by atoms with E-state index in [1.165, 1.54) is 16.7 Å². The largest absolute Gasteiger partial charge is 0.478 e. The molecule has 2 heteroatoms. The van der Waals surface area contributed by atoms with E-state index in [-0.39, 0.29) is 5.92 Å². The van der Waals surface area contributed by atoms with Gasteiger partial charge in [0, 0.05) is 5.92 Å². The molecule has 0 heterocycles. The number of carbonyl (C=O) groups is 1. The van der Waals surface area contributed by atoms with Crippen molar-refractivity contribution in [1.82, 2.24) is 0 Å². The number of benzene rings is 1. The molecule has 0 saturated carbocycles. The maximum Gasteiger partial charge on any atom is 0.335 e. The van der Waals surface area contributed by atoms with Gasteiger partial charge in [0.15, 0.2) is 0 Å². The Morgan fingerprint density at radius 3 is 2.85 bits per heavy atom. The van der Waals surface area contributed by atoms with Crippen molar-refractivity contribution in [2.45, 2.75) is 32.1 Å². The Morgan fingerprint density at radius 1 is 1.25 bits per heavy atom. The SMILES string of the molecule is CC1C2=C(CCc3ccccc31)C(C(=O)O)=CCC=C2. The fourth-order valence-electron chi connectivity index (χ4n) is 3.27. The molecular formula is C18H18O2. The lowest BCUT2D eigenvalue weighted by Gasteiger charge is -2.16. The number of carboxylic acid groups (broad SMARTS) is 1. The molecule has 2 aliphatic carbocycles. The van der Waals surface area contributed by atoms with Crippen molar-refractivity contribution in [3.05, 3.63) is 70.3 Å². The van der Waals surface area contributed by atoms with Gasteiger partial charge in [-0.25, -0.2) is 4.79 Å². The average Bonchev–Trinajstić information content (AvgIpc) is 2.73. The first-order valence-electron chi connectivity index (χ1n) is 7.09. The van der Waals surface area contributed by atoms with Crippen molar-refractivity contribution in [1.29, 1.82) is 0 Å². The molecule has 3 rings (SSSR count). The summed E-state index contributed by atoms with van der Waals surface area (Å²) >= 11 is 0. The lowest BCUT2D eigenvalue weighted by Crippen LogP contribution is -2.07. The molecule has 0 aliphatic heterocycles. The molecule has 0 fully saturated rings. The molecular weight excluding hydrogens is 248 g/mol. The molecule has 1 aromatic rings. The van der Waals surface area contributed by atoms with Crippen LogP contribution in [0.1, 0.15) is 36.8 Å². The van der Waals surface area contributed by atoms with Gasteiger partial charge in [-0.15, -0.1) is 0 Å². The number of aryl methyl sites for hydroxylation is 1. The summed E-state index contributed by atoms with van der Waals surface area (Å²) < 4.78 is 0. The lowest BCUT2D eigenvalue weighted by molar-refractivity contribution is -0.132. The van der Waals surface area contributed by atoms with Gasteiger partial charge in [0.25, 0.3) is 0 Å². The van der Waals surface area contributed by atoms with Crippen LogP contribution in [0.25, 0.3) is 0 Å². The van der Waals surface area contributed by atoms with Gasteiger partial charge in [-0.3, -0.25) is 0 Å². The van der Waals surface area contributed by atoms with Crippen LogP contribution >= 0.6 is 0 Å². The van der Waals surface area contributed by atoms with Crippen LogP contribution < -0.4 is 0 Å². The molecule has 2 nitrogen and oxygen atoms in total. The second kappa shape index (κ2) is 5.12. The first kappa shape index (κ1) is 12.9. The van der Waals surface area contributed by atoms with E-state index in [0.29, 0.717) is 12.0 Å². The molecule has 1 N–H and O–H groups in total. The molecule has 20 heavy (non-hydrogen) atoms. The first-order chi connectivity index (χ1) is 9.68. The predicted molar refractivity (Wildman–Crippen MR) is 79.7 cm³/mol. The van der Waals surface area contributed by atoms with Crippen LogP contribution in [0.5, 0.6) is 0 Å². The van der Waals surface area contributed by atoms with Crippen LogP contribution in [-0.2, 0) is 11.2 Å². The normalized spacial score (nSPS) is 21.4. The highest BCUT2D eigenvalue weighted by Gasteiger charge is 2.25. The zero-order valence-corrected chi connectivity index (χ0v) is 11.6. The molecule has 0 bridgehead atoms. The Balaban J connectivity index is 2.15. The predicted octanol–water partition coefficient (Wildman–Crippen LogP) is 4.00. The lowest BCUT2D eigenvalue weighted by atomic mass is 9.88. The summed E-state index contributed by atoms with van der Waals surface area (Å²) in [6, 6.07) is 8.45. The topological polar surface area (TPSA) is 37.3 Å². The van der Waals surface area contributed by atoms with E-state index in [1.54, 1.807) is 0 Å². The standard InChI is InChI=1S/C18H18O2/c1-12-14-7-3-2-6-13(14)10-11-16-15(12)8-4-5-9-17(16)18(19)20/h2-4,6-9,12H,5,10-11H2,1H3,(H,19,20). The van der Waals surface area contributed by atoms with E-state index in [4.69, 9.17) is 0 Å². The smallest absolute Gasteiger partial charge is 0.335 e. The highest BCUT2D eigenvalue weighted by atomic mass is 16.4. The summed E-state index contributed by atoms with van der Waals surface area (Å²) in [4.78, 5) is 11.5. The van der Waals surface area contributed by atoms with Gasteiger partial charge in [0.05, 0.1) is 5.57 Å². The Bertz CT molecular complexity index is 647. The molecule has 1 unspecified atom stereocenters. The molecule has 0 saturated heterocycles. The molecule has 0 aromatic heterocycles. The Labute approximate surface area is 119 Å². The van der Waals surface area contributed by atoms with E-state index in [9.17, 15) is 9.90 Å². The quantitative estimate of drug-likeness (QED) is 0.834. The minimum atomic E-state index is -0.806. The first-order valence-corrected chi connectivity index (χ1v) is 7.09. The molecule has 0 amide bonds. The van der Waals surface area contributed by atoms with Crippen molar-refractivity contribution in [2.24, 2.45) is 0 Å². The molecule has 0 spiro atoms. The van der Waals surface area contributed by atoms with Gasteiger partial charge < -0.3 is 5.11 Å². The second-order valence-corrected chi connectivity index (χ2v) is 5.42. The molecule has 2 aliphatic rings. The molecule has 0 radical (unpaired) electrons. The van der Waals surface area contributed by atoms with Gasteiger partial charge in [-0.05, 0) is 41.5 Å². The van der Waals surface area contributed by atoms with Crippen molar-refractivity contribution >= 4 is 5.97 Å². The minimum Gasteiger partial charge on any atom is -0.478 e. The fourth-order valence-corrected chi connectivity index (χ4v) is 3.27. The van der Waals surface area contributed by atoms with Gasteiger partial charge in [-0.1, -0.05) is 49.4 Å². The van der Waals surface area contributed by atoms with E-state index < -0.39 is 5.97 Å². The Morgan fingerprint density at radius 2 is 2.05 bits per heavy atom. The fraction of sp³-hybridized carbons (Fsp3) is 0.278. The number of aliphatic carboxylic acids is 1. The Kier molecular flexibility index (Phi) is 3.31. The van der Waals surface area contributed by atoms with Gasteiger partial charge in [-0.2, -0.15) is 0 Å². The Hall–Kier alpha value is -2.09. The van der Waals surface area contributed by atoms with Crippen molar-refractivity contribution in [2.75, 3.05) is 0 Å². The van der Waals surface area contributed by atoms with E-state index in [2.05, 4.69) is 43.3 Å². The third kappa shape index (κ3) is 2.11. The molecule has 102 valence electrons. The third-order valence-electron chi connectivity index (χ3n) is 4.29. The highest BCUT2D eigenvalue weighted by molar-refractivity contribution is 5.92. The molecule has 1 aromatic carbocycles. The monoisotopic (exact) mass is 266 g/mol. The number of fused-ring (bicyclic) bond motifs is 1.